The molecule has 0 radical (unpaired) electrons. The van der Waals surface area contributed by atoms with Crippen LogP contribution in [0.5, 0.6) is 0 Å². The van der Waals surface area contributed by atoms with Crippen molar-refractivity contribution >= 4 is 23.6 Å². The lowest BCUT2D eigenvalue weighted by atomic mass is 10.1. The SMILES string of the molecule is Cc1ccccc1-c1nnc(SCC(=O)N(C)CC(=O)NC(C)(C)C)o1. The van der Waals surface area contributed by atoms with Gasteiger partial charge in [0.2, 0.25) is 17.7 Å². The third-order valence-corrected chi connectivity index (χ3v) is 4.23. The Kier molecular flexibility index (Phi) is 6.42. The van der Waals surface area contributed by atoms with Crippen molar-refractivity contribution in [2.24, 2.45) is 0 Å². The molecule has 0 unspecified atom stereocenters. The van der Waals surface area contributed by atoms with Gasteiger partial charge in [0.15, 0.2) is 0 Å². The van der Waals surface area contributed by atoms with E-state index in [0.717, 1.165) is 22.9 Å². The van der Waals surface area contributed by atoms with Crippen molar-refractivity contribution in [3.63, 3.8) is 0 Å². The maximum absolute atomic E-state index is 12.2. The Hall–Kier alpha value is -2.35. The van der Waals surface area contributed by atoms with Crippen molar-refractivity contribution in [2.45, 2.75) is 38.5 Å². The van der Waals surface area contributed by atoms with E-state index in [1.165, 1.54) is 4.90 Å². The quantitative estimate of drug-likeness (QED) is 0.780. The first kappa shape index (κ1) is 20.0. The summed E-state index contributed by atoms with van der Waals surface area (Å²) in [7, 11) is 1.59. The predicted molar refractivity (Wildman–Crippen MR) is 101 cm³/mol. The van der Waals surface area contributed by atoms with Gasteiger partial charge < -0.3 is 14.6 Å². The van der Waals surface area contributed by atoms with E-state index in [-0.39, 0.29) is 29.7 Å². The monoisotopic (exact) mass is 376 g/mol. The molecular weight excluding hydrogens is 352 g/mol. The van der Waals surface area contributed by atoms with E-state index in [0.29, 0.717) is 11.1 Å². The molecule has 2 amide bonds. The van der Waals surface area contributed by atoms with E-state index in [1.54, 1.807) is 7.05 Å². The fourth-order valence-electron chi connectivity index (χ4n) is 2.18. The number of aryl methyl sites for hydroxylation is 1. The highest BCUT2D eigenvalue weighted by molar-refractivity contribution is 7.99. The number of carbonyl (C=O) groups is 2. The molecule has 2 rings (SSSR count). The second-order valence-electron chi connectivity index (χ2n) is 7.02. The van der Waals surface area contributed by atoms with Gasteiger partial charge in [-0.05, 0) is 39.3 Å². The summed E-state index contributed by atoms with van der Waals surface area (Å²) in [5, 5.41) is 11.2. The molecule has 0 atom stereocenters. The van der Waals surface area contributed by atoms with Gasteiger partial charge >= 0.3 is 0 Å². The molecule has 0 aliphatic carbocycles. The lowest BCUT2D eigenvalue weighted by Gasteiger charge is -2.23. The van der Waals surface area contributed by atoms with Crippen molar-refractivity contribution in [3.8, 4) is 11.5 Å². The van der Waals surface area contributed by atoms with Crippen LogP contribution in [0.3, 0.4) is 0 Å². The molecule has 1 heterocycles. The number of hydrogen-bond donors (Lipinski definition) is 1. The van der Waals surface area contributed by atoms with Gasteiger partial charge in [0.1, 0.15) is 0 Å². The summed E-state index contributed by atoms with van der Waals surface area (Å²) in [6, 6.07) is 7.72. The number of carbonyl (C=O) groups excluding carboxylic acids is 2. The smallest absolute Gasteiger partial charge is 0.277 e. The highest BCUT2D eigenvalue weighted by Crippen LogP contribution is 2.25. The van der Waals surface area contributed by atoms with Crippen molar-refractivity contribution in [3.05, 3.63) is 29.8 Å². The lowest BCUT2D eigenvalue weighted by Crippen LogP contribution is -2.46. The minimum Gasteiger partial charge on any atom is -0.411 e. The maximum Gasteiger partial charge on any atom is 0.277 e. The van der Waals surface area contributed by atoms with Crippen LogP contribution in [0, 0.1) is 6.92 Å². The molecule has 0 aliphatic rings. The van der Waals surface area contributed by atoms with Crippen molar-refractivity contribution in [1.29, 1.82) is 0 Å². The van der Waals surface area contributed by atoms with Crippen LogP contribution in [0.15, 0.2) is 33.9 Å². The van der Waals surface area contributed by atoms with Gasteiger partial charge in [0.25, 0.3) is 5.22 Å². The Balaban J connectivity index is 1.88. The first-order valence-electron chi connectivity index (χ1n) is 8.23. The summed E-state index contributed by atoms with van der Waals surface area (Å²) >= 11 is 1.16. The summed E-state index contributed by atoms with van der Waals surface area (Å²) in [5.74, 6) is 0.165. The summed E-state index contributed by atoms with van der Waals surface area (Å²) in [6.07, 6.45) is 0. The van der Waals surface area contributed by atoms with Crippen LogP contribution in [0.1, 0.15) is 26.3 Å². The zero-order valence-corrected chi connectivity index (χ0v) is 16.5. The van der Waals surface area contributed by atoms with Gasteiger partial charge in [-0.25, -0.2) is 0 Å². The molecule has 26 heavy (non-hydrogen) atoms. The van der Waals surface area contributed by atoms with E-state index >= 15 is 0 Å². The van der Waals surface area contributed by atoms with Gasteiger partial charge in [-0.15, -0.1) is 10.2 Å². The molecule has 0 bridgehead atoms. The average Bonchev–Trinajstić information content (AvgIpc) is 2.99. The van der Waals surface area contributed by atoms with Gasteiger partial charge in [0.05, 0.1) is 12.3 Å². The molecule has 0 spiro atoms. The van der Waals surface area contributed by atoms with Gasteiger partial charge in [-0.1, -0.05) is 30.0 Å². The van der Waals surface area contributed by atoms with E-state index in [9.17, 15) is 9.59 Å². The third kappa shape index (κ3) is 5.87. The minimum absolute atomic E-state index is 0.00889. The first-order chi connectivity index (χ1) is 12.2. The van der Waals surface area contributed by atoms with Crippen molar-refractivity contribution < 1.29 is 14.0 Å². The van der Waals surface area contributed by atoms with Crippen molar-refractivity contribution in [1.82, 2.24) is 20.4 Å². The molecule has 0 saturated carbocycles. The number of likely N-dealkylation sites (N-methyl/N-ethyl adjacent to an activating group) is 1. The second kappa shape index (κ2) is 8.35. The highest BCUT2D eigenvalue weighted by atomic mass is 32.2. The zero-order valence-electron chi connectivity index (χ0n) is 15.7. The van der Waals surface area contributed by atoms with Gasteiger partial charge in [0, 0.05) is 18.2 Å². The number of amides is 2. The Morgan fingerprint density at radius 3 is 2.58 bits per heavy atom. The summed E-state index contributed by atoms with van der Waals surface area (Å²) in [4.78, 5) is 25.5. The van der Waals surface area contributed by atoms with Gasteiger partial charge in [-0.3, -0.25) is 9.59 Å². The number of nitrogens with one attached hydrogen (secondary N) is 1. The molecule has 0 aliphatic heterocycles. The normalized spacial score (nSPS) is 11.3. The zero-order chi connectivity index (χ0) is 19.3. The second-order valence-corrected chi connectivity index (χ2v) is 7.95. The molecule has 2 aromatic rings. The number of hydrogen-bond acceptors (Lipinski definition) is 6. The van der Waals surface area contributed by atoms with E-state index < -0.39 is 0 Å². The number of aromatic nitrogens is 2. The molecule has 8 heteroatoms. The van der Waals surface area contributed by atoms with E-state index in [2.05, 4.69) is 15.5 Å². The van der Waals surface area contributed by atoms with Crippen LogP contribution in [0.2, 0.25) is 0 Å². The minimum atomic E-state index is -0.328. The Morgan fingerprint density at radius 2 is 1.92 bits per heavy atom. The van der Waals surface area contributed by atoms with E-state index in [1.807, 2.05) is 52.0 Å². The Bertz CT molecular complexity index is 783. The van der Waals surface area contributed by atoms with Crippen LogP contribution in [0.25, 0.3) is 11.5 Å². The molecule has 0 saturated heterocycles. The van der Waals surface area contributed by atoms with Gasteiger partial charge in [-0.2, -0.15) is 0 Å². The van der Waals surface area contributed by atoms with Crippen LogP contribution < -0.4 is 5.32 Å². The lowest BCUT2D eigenvalue weighted by molar-refractivity contribution is -0.133. The predicted octanol–water partition coefficient (Wildman–Crippen LogP) is 2.51. The number of benzene rings is 1. The number of thioether (sulfide) groups is 1. The number of rotatable bonds is 6. The molecular formula is C18H24N4O3S. The van der Waals surface area contributed by atoms with Crippen LogP contribution in [-0.4, -0.2) is 51.8 Å². The van der Waals surface area contributed by atoms with Crippen LogP contribution >= 0.6 is 11.8 Å². The standard InChI is InChI=1S/C18H24N4O3S/c1-12-8-6-7-9-13(12)16-20-21-17(25-16)26-11-15(24)22(5)10-14(23)19-18(2,3)4/h6-9H,10-11H2,1-5H3,(H,19,23). The molecule has 140 valence electrons. The van der Waals surface area contributed by atoms with Crippen LogP contribution in [-0.2, 0) is 9.59 Å². The number of nitrogens with zero attached hydrogens (tertiary/aromatic N) is 3. The molecule has 1 aromatic carbocycles. The molecule has 1 aromatic heterocycles. The topological polar surface area (TPSA) is 88.3 Å². The van der Waals surface area contributed by atoms with Crippen LogP contribution in [0.4, 0.5) is 0 Å². The molecule has 0 fully saturated rings. The average molecular weight is 376 g/mol. The summed E-state index contributed by atoms with van der Waals surface area (Å²) in [5.41, 5.74) is 1.58. The third-order valence-electron chi connectivity index (χ3n) is 3.42. The molecule has 7 nitrogen and oxygen atoms in total. The fraction of sp³-hybridized carbons (Fsp3) is 0.444. The highest BCUT2D eigenvalue weighted by Gasteiger charge is 2.19. The maximum atomic E-state index is 12.2. The summed E-state index contributed by atoms with van der Waals surface area (Å²) < 4.78 is 5.62. The summed E-state index contributed by atoms with van der Waals surface area (Å²) in [6.45, 7) is 7.65. The Morgan fingerprint density at radius 1 is 1.23 bits per heavy atom. The van der Waals surface area contributed by atoms with Crippen molar-refractivity contribution in [2.75, 3.05) is 19.3 Å². The first-order valence-corrected chi connectivity index (χ1v) is 9.21. The molecule has 1 N–H and O–H groups in total. The van der Waals surface area contributed by atoms with E-state index in [4.69, 9.17) is 4.42 Å². The fourth-order valence-corrected chi connectivity index (χ4v) is 2.89. The largest absolute Gasteiger partial charge is 0.411 e. The Labute approximate surface area is 157 Å².